The third kappa shape index (κ3) is 5.01. The second-order valence-electron chi connectivity index (χ2n) is 3.33. The number of aromatic nitrogens is 1. The van der Waals surface area contributed by atoms with Crippen LogP contribution in [-0.4, -0.2) is 36.6 Å². The van der Waals surface area contributed by atoms with Crippen LogP contribution in [0, 0.1) is 0 Å². The van der Waals surface area contributed by atoms with Crippen LogP contribution in [0.15, 0.2) is 18.3 Å². The van der Waals surface area contributed by atoms with Crippen LogP contribution in [-0.2, 0) is 9.53 Å². The molecule has 0 fully saturated rings. The van der Waals surface area contributed by atoms with E-state index in [9.17, 15) is 4.79 Å². The number of methoxy groups -OCH3 is 1. The number of nitrogens with one attached hydrogen (secondary N) is 1. The second kappa shape index (κ2) is 7.09. The highest BCUT2D eigenvalue weighted by atomic mass is 35.5. The number of amides is 1. The molecule has 0 bridgehead atoms. The van der Waals surface area contributed by atoms with Crippen molar-refractivity contribution in [1.82, 2.24) is 4.98 Å². The highest BCUT2D eigenvalue weighted by Crippen LogP contribution is 2.12. The van der Waals surface area contributed by atoms with E-state index >= 15 is 0 Å². The number of halogens is 1. The Bertz CT molecular complexity index is 354. The number of hydrogen-bond acceptors (Lipinski definition) is 4. The van der Waals surface area contributed by atoms with Crippen LogP contribution >= 0.6 is 11.6 Å². The minimum atomic E-state index is -0.576. The maximum absolute atomic E-state index is 11.3. The number of rotatable bonds is 6. The van der Waals surface area contributed by atoms with Gasteiger partial charge >= 0.3 is 0 Å². The fraction of sp³-hybridized carbons (Fsp3) is 0.455. The van der Waals surface area contributed by atoms with E-state index < -0.39 is 5.38 Å². The monoisotopic (exact) mass is 258 g/mol. The molecule has 0 aromatic carbocycles. The normalized spacial score (nSPS) is 11.9. The van der Waals surface area contributed by atoms with Crippen molar-refractivity contribution >= 4 is 23.2 Å². The molecule has 1 unspecified atom stereocenters. The molecule has 1 amide bonds. The van der Waals surface area contributed by atoms with Gasteiger partial charge in [0.2, 0.25) is 11.8 Å². The summed E-state index contributed by atoms with van der Waals surface area (Å²) in [6, 6.07) is 3.37. The van der Waals surface area contributed by atoms with Crippen LogP contribution in [0.1, 0.15) is 6.92 Å². The number of nitrogens with zero attached hydrogens (tertiary/aromatic N) is 1. The number of hydrogen-bond donors (Lipinski definition) is 1. The summed E-state index contributed by atoms with van der Waals surface area (Å²) in [4.78, 5) is 15.3. The molecule has 94 valence electrons. The van der Waals surface area contributed by atoms with Gasteiger partial charge < -0.3 is 14.8 Å². The Kier molecular flexibility index (Phi) is 5.72. The lowest BCUT2D eigenvalue weighted by Gasteiger charge is -2.07. The molecule has 1 aromatic heterocycles. The smallest absolute Gasteiger partial charge is 0.242 e. The summed E-state index contributed by atoms with van der Waals surface area (Å²) in [6.45, 7) is 2.55. The molecule has 17 heavy (non-hydrogen) atoms. The van der Waals surface area contributed by atoms with E-state index in [1.165, 1.54) is 6.20 Å². The molecule has 0 aliphatic carbocycles. The molecule has 0 aliphatic rings. The molecule has 0 spiro atoms. The molecule has 6 heteroatoms. The Hall–Kier alpha value is -1.33. The zero-order valence-electron chi connectivity index (χ0n) is 9.77. The molecule has 1 heterocycles. The molecule has 1 rings (SSSR count). The van der Waals surface area contributed by atoms with Gasteiger partial charge in [-0.15, -0.1) is 11.6 Å². The van der Waals surface area contributed by atoms with E-state index in [1.54, 1.807) is 26.2 Å². The first-order valence-electron chi connectivity index (χ1n) is 5.16. The van der Waals surface area contributed by atoms with Crippen molar-refractivity contribution in [1.29, 1.82) is 0 Å². The van der Waals surface area contributed by atoms with Gasteiger partial charge in [-0.3, -0.25) is 4.79 Å². The maximum Gasteiger partial charge on any atom is 0.242 e. The Labute approximate surface area is 105 Å². The van der Waals surface area contributed by atoms with E-state index in [-0.39, 0.29) is 5.91 Å². The lowest BCUT2D eigenvalue weighted by Crippen LogP contribution is -2.20. The fourth-order valence-electron chi connectivity index (χ4n) is 1.01. The number of carbonyl (C=O) groups excluding carboxylic acids is 1. The number of anilines is 1. The zero-order chi connectivity index (χ0) is 12.7. The van der Waals surface area contributed by atoms with Gasteiger partial charge in [0.25, 0.3) is 0 Å². The quantitative estimate of drug-likeness (QED) is 0.623. The first kappa shape index (κ1) is 13.7. The van der Waals surface area contributed by atoms with Crippen LogP contribution in [0.4, 0.5) is 5.69 Å². The van der Waals surface area contributed by atoms with E-state index in [2.05, 4.69) is 10.3 Å². The average Bonchev–Trinajstić information content (AvgIpc) is 2.31. The largest absolute Gasteiger partial charge is 0.475 e. The number of alkyl halides is 1. The van der Waals surface area contributed by atoms with Crippen LogP contribution in [0.2, 0.25) is 0 Å². The van der Waals surface area contributed by atoms with Crippen LogP contribution in [0.3, 0.4) is 0 Å². The third-order valence-electron chi connectivity index (χ3n) is 1.90. The topological polar surface area (TPSA) is 60.5 Å². The Morgan fingerprint density at radius 2 is 2.29 bits per heavy atom. The molecule has 0 aliphatic heterocycles. The minimum absolute atomic E-state index is 0.262. The summed E-state index contributed by atoms with van der Waals surface area (Å²) in [5, 5.41) is 2.05. The summed E-state index contributed by atoms with van der Waals surface area (Å²) in [6.07, 6.45) is 1.51. The lowest BCUT2D eigenvalue weighted by molar-refractivity contribution is -0.115. The molecular formula is C11H15ClN2O3. The summed E-state index contributed by atoms with van der Waals surface area (Å²) >= 11 is 5.62. The maximum atomic E-state index is 11.3. The van der Waals surface area contributed by atoms with Crippen molar-refractivity contribution in [2.45, 2.75) is 12.3 Å². The van der Waals surface area contributed by atoms with Gasteiger partial charge in [-0.25, -0.2) is 4.98 Å². The summed E-state index contributed by atoms with van der Waals surface area (Å²) in [5.41, 5.74) is 0.585. The van der Waals surface area contributed by atoms with Crippen molar-refractivity contribution in [3.63, 3.8) is 0 Å². The zero-order valence-corrected chi connectivity index (χ0v) is 10.5. The first-order valence-corrected chi connectivity index (χ1v) is 5.60. The molecule has 5 nitrogen and oxygen atoms in total. The average molecular weight is 259 g/mol. The Morgan fingerprint density at radius 3 is 2.82 bits per heavy atom. The van der Waals surface area contributed by atoms with Crippen molar-refractivity contribution < 1.29 is 14.3 Å². The van der Waals surface area contributed by atoms with Crippen LogP contribution in [0.5, 0.6) is 5.88 Å². The van der Waals surface area contributed by atoms with Gasteiger partial charge in [0.05, 0.1) is 18.5 Å². The Morgan fingerprint density at radius 1 is 1.53 bits per heavy atom. The summed E-state index contributed by atoms with van der Waals surface area (Å²) in [7, 11) is 1.60. The Balaban J connectivity index is 2.47. The molecule has 1 aromatic rings. The van der Waals surface area contributed by atoms with Crippen LogP contribution in [0.25, 0.3) is 0 Å². The second-order valence-corrected chi connectivity index (χ2v) is 3.99. The highest BCUT2D eigenvalue weighted by molar-refractivity contribution is 6.32. The number of carbonyl (C=O) groups is 1. The number of ether oxygens (including phenoxy) is 2. The predicted octanol–water partition coefficient (Wildman–Crippen LogP) is 1.67. The van der Waals surface area contributed by atoms with Crippen molar-refractivity contribution in [2.24, 2.45) is 0 Å². The SMILES string of the molecule is COCCOc1ccc(NC(=O)C(C)Cl)cn1. The van der Waals surface area contributed by atoms with E-state index in [1.807, 2.05) is 0 Å². The summed E-state index contributed by atoms with van der Waals surface area (Å²) < 4.78 is 10.1. The van der Waals surface area contributed by atoms with E-state index in [0.29, 0.717) is 24.8 Å². The van der Waals surface area contributed by atoms with Gasteiger partial charge in [0.15, 0.2) is 0 Å². The minimum Gasteiger partial charge on any atom is -0.475 e. The third-order valence-corrected chi connectivity index (χ3v) is 2.10. The van der Waals surface area contributed by atoms with E-state index in [0.717, 1.165) is 0 Å². The van der Waals surface area contributed by atoms with Gasteiger partial charge in [-0.1, -0.05) is 0 Å². The lowest BCUT2D eigenvalue weighted by atomic mass is 10.3. The van der Waals surface area contributed by atoms with Crippen molar-refractivity contribution in [3.05, 3.63) is 18.3 Å². The number of pyridine rings is 1. The van der Waals surface area contributed by atoms with Crippen molar-refractivity contribution in [3.8, 4) is 5.88 Å². The van der Waals surface area contributed by atoms with Gasteiger partial charge in [0.1, 0.15) is 12.0 Å². The molecule has 0 saturated heterocycles. The van der Waals surface area contributed by atoms with Crippen molar-refractivity contribution in [2.75, 3.05) is 25.6 Å². The highest BCUT2D eigenvalue weighted by Gasteiger charge is 2.09. The standard InChI is InChI=1S/C11H15ClN2O3/c1-8(12)11(15)14-9-3-4-10(13-7-9)17-6-5-16-2/h3-4,7-8H,5-6H2,1-2H3,(H,14,15). The molecule has 1 atom stereocenters. The summed E-state index contributed by atoms with van der Waals surface area (Å²) in [5.74, 6) is 0.223. The van der Waals surface area contributed by atoms with E-state index in [4.69, 9.17) is 21.1 Å². The van der Waals surface area contributed by atoms with Gasteiger partial charge in [-0.2, -0.15) is 0 Å². The molecular weight excluding hydrogens is 244 g/mol. The van der Waals surface area contributed by atoms with Gasteiger partial charge in [-0.05, 0) is 13.0 Å². The van der Waals surface area contributed by atoms with Crippen LogP contribution < -0.4 is 10.1 Å². The first-order chi connectivity index (χ1) is 8.13. The predicted molar refractivity (Wildman–Crippen MR) is 65.6 cm³/mol. The fourth-order valence-corrected chi connectivity index (χ4v) is 1.07. The molecule has 1 N–H and O–H groups in total. The molecule has 0 radical (unpaired) electrons. The van der Waals surface area contributed by atoms with Gasteiger partial charge in [0, 0.05) is 13.2 Å². The molecule has 0 saturated carbocycles.